The Balaban J connectivity index is 2.56. The van der Waals surface area contributed by atoms with E-state index in [0.29, 0.717) is 22.3 Å². The number of fused-ring (bicyclic) bond motifs is 1. The summed E-state index contributed by atoms with van der Waals surface area (Å²) < 4.78 is 6.51. The van der Waals surface area contributed by atoms with E-state index in [1.165, 1.54) is 0 Å². The molecule has 0 aliphatic rings. The third-order valence-corrected chi connectivity index (χ3v) is 2.68. The third kappa shape index (κ3) is 1.88. The van der Waals surface area contributed by atoms with Crippen LogP contribution in [0, 0.1) is 0 Å². The SMILES string of the molecule is CCOC(=O)c1nc2ccc(Cl)cn2c1S. The second-order valence-electron chi connectivity index (χ2n) is 3.08. The Morgan fingerprint density at radius 2 is 2.38 bits per heavy atom. The van der Waals surface area contributed by atoms with Gasteiger partial charge in [-0.15, -0.1) is 12.6 Å². The molecule has 0 saturated heterocycles. The normalized spacial score (nSPS) is 10.7. The molecular formula is C10H9ClN2O2S. The number of hydrogen-bond acceptors (Lipinski definition) is 4. The zero-order chi connectivity index (χ0) is 11.7. The van der Waals surface area contributed by atoms with Crippen LogP contribution in [0.1, 0.15) is 17.4 Å². The molecule has 0 saturated carbocycles. The maximum absolute atomic E-state index is 11.5. The first-order valence-electron chi connectivity index (χ1n) is 4.67. The average Bonchev–Trinajstić information content (AvgIpc) is 2.57. The first-order valence-corrected chi connectivity index (χ1v) is 5.49. The van der Waals surface area contributed by atoms with Gasteiger partial charge in [-0.2, -0.15) is 0 Å². The van der Waals surface area contributed by atoms with Gasteiger partial charge in [0.2, 0.25) is 0 Å². The lowest BCUT2D eigenvalue weighted by Crippen LogP contribution is -2.05. The van der Waals surface area contributed by atoms with Gasteiger partial charge in [0.1, 0.15) is 10.7 Å². The van der Waals surface area contributed by atoms with E-state index in [2.05, 4.69) is 17.6 Å². The third-order valence-electron chi connectivity index (χ3n) is 2.03. The summed E-state index contributed by atoms with van der Waals surface area (Å²) in [5.41, 5.74) is 0.810. The first kappa shape index (κ1) is 11.3. The van der Waals surface area contributed by atoms with Gasteiger partial charge in [0.15, 0.2) is 5.69 Å². The molecule has 16 heavy (non-hydrogen) atoms. The summed E-state index contributed by atoms with van der Waals surface area (Å²) in [5.74, 6) is -0.479. The molecule has 2 rings (SSSR count). The molecule has 0 bridgehead atoms. The van der Waals surface area contributed by atoms with E-state index < -0.39 is 5.97 Å². The minimum absolute atomic E-state index is 0.201. The quantitative estimate of drug-likeness (QED) is 0.663. The number of thiol groups is 1. The number of imidazole rings is 1. The molecule has 4 nitrogen and oxygen atoms in total. The number of halogens is 1. The Labute approximate surface area is 103 Å². The second kappa shape index (κ2) is 4.35. The zero-order valence-corrected chi connectivity index (χ0v) is 10.1. The number of ether oxygens (including phenoxy) is 1. The number of carbonyl (C=O) groups is 1. The van der Waals surface area contributed by atoms with Crippen LogP contribution in [0.25, 0.3) is 5.65 Å². The molecule has 0 spiro atoms. The molecule has 2 aromatic rings. The van der Waals surface area contributed by atoms with E-state index in [1.54, 1.807) is 29.7 Å². The molecule has 0 radical (unpaired) electrons. The van der Waals surface area contributed by atoms with Crippen molar-refractivity contribution in [2.75, 3.05) is 6.61 Å². The molecule has 0 aromatic carbocycles. The van der Waals surface area contributed by atoms with Crippen LogP contribution in [0.4, 0.5) is 0 Å². The fourth-order valence-corrected chi connectivity index (χ4v) is 1.80. The molecule has 2 aromatic heterocycles. The summed E-state index contributed by atoms with van der Waals surface area (Å²) in [6.07, 6.45) is 1.65. The molecule has 0 fully saturated rings. The van der Waals surface area contributed by atoms with E-state index >= 15 is 0 Å². The lowest BCUT2D eigenvalue weighted by molar-refractivity contribution is 0.0516. The predicted octanol–water partition coefficient (Wildman–Crippen LogP) is 2.45. The summed E-state index contributed by atoms with van der Waals surface area (Å²) in [7, 11) is 0. The van der Waals surface area contributed by atoms with Crippen LogP contribution in [-0.2, 0) is 4.74 Å². The molecule has 2 heterocycles. The number of rotatable bonds is 2. The van der Waals surface area contributed by atoms with Crippen molar-refractivity contribution in [2.45, 2.75) is 11.9 Å². The lowest BCUT2D eigenvalue weighted by atomic mass is 10.5. The van der Waals surface area contributed by atoms with Crippen LogP contribution in [0.2, 0.25) is 5.02 Å². The molecule has 0 unspecified atom stereocenters. The number of pyridine rings is 1. The van der Waals surface area contributed by atoms with Gasteiger partial charge in [0, 0.05) is 6.20 Å². The second-order valence-corrected chi connectivity index (χ2v) is 3.94. The van der Waals surface area contributed by atoms with Crippen LogP contribution < -0.4 is 0 Å². The van der Waals surface area contributed by atoms with Crippen molar-refractivity contribution in [3.05, 3.63) is 29.0 Å². The Hall–Kier alpha value is -1.20. The molecule has 0 aliphatic heterocycles. The Morgan fingerprint density at radius 3 is 3.06 bits per heavy atom. The van der Waals surface area contributed by atoms with Crippen LogP contribution in [-0.4, -0.2) is 22.0 Å². The van der Waals surface area contributed by atoms with Gasteiger partial charge in [0.25, 0.3) is 0 Å². The van der Waals surface area contributed by atoms with Gasteiger partial charge >= 0.3 is 5.97 Å². The maximum atomic E-state index is 11.5. The van der Waals surface area contributed by atoms with Crippen molar-refractivity contribution in [1.82, 2.24) is 9.38 Å². The van der Waals surface area contributed by atoms with Crippen molar-refractivity contribution in [3.8, 4) is 0 Å². The molecule has 0 amide bonds. The summed E-state index contributed by atoms with van der Waals surface area (Å²) in [4.78, 5) is 15.7. The summed E-state index contributed by atoms with van der Waals surface area (Å²) >= 11 is 10.1. The van der Waals surface area contributed by atoms with Crippen LogP contribution in [0.5, 0.6) is 0 Å². The van der Waals surface area contributed by atoms with E-state index in [9.17, 15) is 4.79 Å². The van der Waals surface area contributed by atoms with Crippen LogP contribution in [0.3, 0.4) is 0 Å². The minimum Gasteiger partial charge on any atom is -0.461 e. The van der Waals surface area contributed by atoms with Crippen molar-refractivity contribution in [2.24, 2.45) is 0 Å². The number of aromatic nitrogens is 2. The maximum Gasteiger partial charge on any atom is 0.359 e. The van der Waals surface area contributed by atoms with Crippen LogP contribution in [0.15, 0.2) is 23.4 Å². The molecule has 6 heteroatoms. The van der Waals surface area contributed by atoms with Gasteiger partial charge in [-0.3, -0.25) is 4.40 Å². The fraction of sp³-hybridized carbons (Fsp3) is 0.200. The summed E-state index contributed by atoms with van der Waals surface area (Å²) in [6, 6.07) is 3.41. The smallest absolute Gasteiger partial charge is 0.359 e. The van der Waals surface area contributed by atoms with Crippen LogP contribution >= 0.6 is 24.2 Å². The zero-order valence-electron chi connectivity index (χ0n) is 8.48. The Morgan fingerprint density at radius 1 is 1.62 bits per heavy atom. The molecular weight excluding hydrogens is 248 g/mol. The topological polar surface area (TPSA) is 43.6 Å². The Bertz CT molecular complexity index is 553. The highest BCUT2D eigenvalue weighted by atomic mass is 35.5. The van der Waals surface area contributed by atoms with E-state index in [4.69, 9.17) is 16.3 Å². The van der Waals surface area contributed by atoms with Gasteiger partial charge in [-0.25, -0.2) is 9.78 Å². The first-order chi connectivity index (χ1) is 7.63. The molecule has 0 N–H and O–H groups in total. The van der Waals surface area contributed by atoms with E-state index in [0.717, 1.165) is 0 Å². The highest BCUT2D eigenvalue weighted by molar-refractivity contribution is 7.80. The monoisotopic (exact) mass is 256 g/mol. The molecule has 0 aliphatic carbocycles. The highest BCUT2D eigenvalue weighted by Gasteiger charge is 2.17. The number of nitrogens with zero attached hydrogens (tertiary/aromatic N) is 2. The summed E-state index contributed by atoms with van der Waals surface area (Å²) in [5, 5.41) is 0.978. The highest BCUT2D eigenvalue weighted by Crippen LogP contribution is 2.20. The largest absolute Gasteiger partial charge is 0.461 e. The van der Waals surface area contributed by atoms with Crippen molar-refractivity contribution < 1.29 is 9.53 Å². The fourth-order valence-electron chi connectivity index (χ4n) is 1.34. The molecule has 84 valence electrons. The Kier molecular flexibility index (Phi) is 3.07. The van der Waals surface area contributed by atoms with Gasteiger partial charge in [-0.05, 0) is 19.1 Å². The standard InChI is InChI=1S/C10H9ClN2O2S/c1-2-15-10(14)8-9(16)13-5-6(11)3-4-7(13)12-8/h3-5,16H,2H2,1H3. The predicted molar refractivity (Wildman–Crippen MR) is 63.4 cm³/mol. The number of esters is 1. The number of carbonyl (C=O) groups excluding carboxylic acids is 1. The van der Waals surface area contributed by atoms with E-state index in [1.807, 2.05) is 0 Å². The van der Waals surface area contributed by atoms with Crippen molar-refractivity contribution in [3.63, 3.8) is 0 Å². The lowest BCUT2D eigenvalue weighted by Gasteiger charge is -1.98. The number of hydrogen-bond donors (Lipinski definition) is 1. The van der Waals surface area contributed by atoms with Crippen molar-refractivity contribution in [1.29, 1.82) is 0 Å². The van der Waals surface area contributed by atoms with Gasteiger partial charge in [-0.1, -0.05) is 11.6 Å². The van der Waals surface area contributed by atoms with Crippen molar-refractivity contribution >= 4 is 35.8 Å². The molecule has 0 atom stereocenters. The average molecular weight is 257 g/mol. The summed E-state index contributed by atoms with van der Waals surface area (Å²) in [6.45, 7) is 2.05. The van der Waals surface area contributed by atoms with E-state index in [-0.39, 0.29) is 5.69 Å². The van der Waals surface area contributed by atoms with Gasteiger partial charge < -0.3 is 4.74 Å². The minimum atomic E-state index is -0.479. The van der Waals surface area contributed by atoms with Gasteiger partial charge in [0.05, 0.1) is 11.6 Å².